The molecular formula is C10H11N3O2S. The third-order valence-electron chi connectivity index (χ3n) is 1.92. The summed E-state index contributed by atoms with van der Waals surface area (Å²) in [6, 6.07) is 3.32. The zero-order chi connectivity index (χ0) is 11.2. The number of nitrogens with one attached hydrogen (secondary N) is 1. The van der Waals surface area contributed by atoms with Gasteiger partial charge in [-0.2, -0.15) is 0 Å². The summed E-state index contributed by atoms with van der Waals surface area (Å²) in [5, 5.41) is 0. The van der Waals surface area contributed by atoms with Gasteiger partial charge in [0.1, 0.15) is 0 Å². The van der Waals surface area contributed by atoms with Gasteiger partial charge in [0.15, 0.2) is 5.76 Å². The van der Waals surface area contributed by atoms with Crippen LogP contribution in [-0.2, 0) is 6.54 Å². The van der Waals surface area contributed by atoms with E-state index in [-0.39, 0.29) is 5.91 Å². The van der Waals surface area contributed by atoms with Gasteiger partial charge in [0.2, 0.25) is 0 Å². The molecule has 0 aliphatic heterocycles. The third-order valence-corrected chi connectivity index (χ3v) is 2.64. The molecule has 84 valence electrons. The van der Waals surface area contributed by atoms with Gasteiger partial charge in [-0.1, -0.05) is 0 Å². The maximum absolute atomic E-state index is 11.4. The number of aryl methyl sites for hydroxylation is 1. The molecule has 0 saturated heterocycles. The highest BCUT2D eigenvalue weighted by Gasteiger charge is 2.06. The molecule has 0 unspecified atom stereocenters. The minimum atomic E-state index is -0.208. The van der Waals surface area contributed by atoms with Gasteiger partial charge in [-0.25, -0.2) is 4.98 Å². The van der Waals surface area contributed by atoms with Crippen LogP contribution in [0.3, 0.4) is 0 Å². The van der Waals surface area contributed by atoms with Crippen LogP contribution >= 0.6 is 11.9 Å². The molecule has 2 rings (SSSR count). The van der Waals surface area contributed by atoms with Crippen molar-refractivity contribution >= 4 is 17.9 Å². The van der Waals surface area contributed by atoms with E-state index in [1.54, 1.807) is 24.7 Å². The van der Waals surface area contributed by atoms with Crippen molar-refractivity contribution in [1.82, 2.24) is 14.3 Å². The van der Waals surface area contributed by atoms with Crippen LogP contribution < -0.4 is 4.72 Å². The molecule has 0 aliphatic rings. The molecule has 0 aromatic carbocycles. The summed E-state index contributed by atoms with van der Waals surface area (Å²) in [6.45, 7) is 0.809. The highest BCUT2D eigenvalue weighted by Crippen LogP contribution is 2.03. The lowest BCUT2D eigenvalue weighted by atomic mass is 10.4. The molecule has 1 amide bonds. The van der Waals surface area contributed by atoms with E-state index < -0.39 is 0 Å². The highest BCUT2D eigenvalue weighted by molar-refractivity contribution is 7.97. The van der Waals surface area contributed by atoms with Crippen LogP contribution in [0.15, 0.2) is 41.5 Å². The van der Waals surface area contributed by atoms with E-state index in [9.17, 15) is 4.79 Å². The number of hydrogen-bond acceptors (Lipinski definition) is 4. The first-order valence-electron chi connectivity index (χ1n) is 4.77. The lowest BCUT2D eigenvalue weighted by Gasteiger charge is -2.02. The normalized spacial score (nSPS) is 10.2. The predicted octanol–water partition coefficient (Wildman–Crippen LogP) is 1.55. The predicted molar refractivity (Wildman–Crippen MR) is 60.9 cm³/mol. The first kappa shape index (κ1) is 10.8. The Balaban J connectivity index is 1.67. The average Bonchev–Trinajstić information content (AvgIpc) is 2.96. The maximum atomic E-state index is 11.4. The van der Waals surface area contributed by atoms with Crippen molar-refractivity contribution in [2.75, 3.05) is 5.75 Å². The fourth-order valence-electron chi connectivity index (χ4n) is 1.14. The second-order valence-electron chi connectivity index (χ2n) is 3.06. The SMILES string of the molecule is O=C(NSCCn1ccnc1)c1ccco1. The van der Waals surface area contributed by atoms with Crippen molar-refractivity contribution in [3.63, 3.8) is 0 Å². The van der Waals surface area contributed by atoms with Gasteiger partial charge in [-0.15, -0.1) is 0 Å². The fourth-order valence-corrected chi connectivity index (χ4v) is 1.78. The molecule has 0 aliphatic carbocycles. The second kappa shape index (κ2) is 5.41. The van der Waals surface area contributed by atoms with Crippen molar-refractivity contribution in [3.8, 4) is 0 Å². The molecule has 0 radical (unpaired) electrons. The minimum absolute atomic E-state index is 0.208. The van der Waals surface area contributed by atoms with E-state index in [0.29, 0.717) is 5.76 Å². The van der Waals surface area contributed by atoms with E-state index in [1.807, 2.05) is 10.8 Å². The summed E-state index contributed by atoms with van der Waals surface area (Å²) in [5.41, 5.74) is 0. The summed E-state index contributed by atoms with van der Waals surface area (Å²) in [4.78, 5) is 15.4. The Morgan fingerprint density at radius 1 is 1.62 bits per heavy atom. The number of amides is 1. The van der Waals surface area contributed by atoms with E-state index in [1.165, 1.54) is 18.2 Å². The summed E-state index contributed by atoms with van der Waals surface area (Å²) in [7, 11) is 0. The van der Waals surface area contributed by atoms with Gasteiger partial charge < -0.3 is 8.98 Å². The van der Waals surface area contributed by atoms with Crippen LogP contribution in [-0.4, -0.2) is 21.2 Å². The Kier molecular flexibility index (Phi) is 3.66. The molecule has 0 fully saturated rings. The smallest absolute Gasteiger partial charge is 0.296 e. The fraction of sp³-hybridized carbons (Fsp3) is 0.200. The lowest BCUT2D eigenvalue weighted by molar-refractivity contribution is 0.0957. The third kappa shape index (κ3) is 2.90. The first-order chi connectivity index (χ1) is 7.86. The van der Waals surface area contributed by atoms with Crippen molar-refractivity contribution in [2.45, 2.75) is 6.54 Å². The van der Waals surface area contributed by atoms with Gasteiger partial charge in [-0.3, -0.25) is 9.52 Å². The number of imidazole rings is 1. The molecule has 0 atom stereocenters. The van der Waals surface area contributed by atoms with Crippen molar-refractivity contribution in [2.24, 2.45) is 0 Å². The van der Waals surface area contributed by atoms with Crippen LogP contribution in [0.2, 0.25) is 0 Å². The van der Waals surface area contributed by atoms with Crippen LogP contribution in [0.25, 0.3) is 0 Å². The number of furan rings is 1. The van der Waals surface area contributed by atoms with Gasteiger partial charge in [0.25, 0.3) is 5.91 Å². The molecule has 2 aromatic heterocycles. The standard InChI is InChI=1S/C10H11N3O2S/c14-10(9-2-1-6-15-9)12-16-7-5-13-4-3-11-8-13/h1-4,6,8H,5,7H2,(H,12,14). The lowest BCUT2D eigenvalue weighted by Crippen LogP contribution is -2.16. The molecular weight excluding hydrogens is 226 g/mol. The maximum Gasteiger partial charge on any atom is 0.296 e. The van der Waals surface area contributed by atoms with E-state index in [0.717, 1.165) is 12.3 Å². The van der Waals surface area contributed by atoms with E-state index in [4.69, 9.17) is 4.42 Å². The molecule has 0 spiro atoms. The van der Waals surface area contributed by atoms with Crippen molar-refractivity contribution in [3.05, 3.63) is 42.9 Å². The Morgan fingerprint density at radius 3 is 3.25 bits per heavy atom. The number of carbonyl (C=O) groups excluding carboxylic acids is 1. The van der Waals surface area contributed by atoms with E-state index >= 15 is 0 Å². The molecule has 0 saturated carbocycles. The summed E-state index contributed by atoms with van der Waals surface area (Å²) in [5.74, 6) is 0.902. The van der Waals surface area contributed by atoms with Crippen LogP contribution in [0.5, 0.6) is 0 Å². The second-order valence-corrected chi connectivity index (χ2v) is 3.96. The highest BCUT2D eigenvalue weighted by atomic mass is 32.2. The number of rotatable bonds is 5. The van der Waals surface area contributed by atoms with E-state index in [2.05, 4.69) is 9.71 Å². The zero-order valence-electron chi connectivity index (χ0n) is 8.50. The number of nitrogens with zero attached hydrogens (tertiary/aromatic N) is 2. The Labute approximate surface area is 97.0 Å². The van der Waals surface area contributed by atoms with Gasteiger partial charge >= 0.3 is 0 Å². The molecule has 0 bridgehead atoms. The topological polar surface area (TPSA) is 60.1 Å². The average molecular weight is 237 g/mol. The summed E-state index contributed by atoms with van der Waals surface area (Å²) in [6.07, 6.45) is 6.83. The monoisotopic (exact) mass is 237 g/mol. The van der Waals surface area contributed by atoms with Crippen molar-refractivity contribution < 1.29 is 9.21 Å². The molecule has 1 N–H and O–H groups in total. The summed E-state index contributed by atoms with van der Waals surface area (Å²) < 4.78 is 9.61. The largest absolute Gasteiger partial charge is 0.459 e. The Hall–Kier alpha value is -1.69. The van der Waals surface area contributed by atoms with Gasteiger partial charge in [0, 0.05) is 24.7 Å². The minimum Gasteiger partial charge on any atom is -0.459 e. The number of carbonyl (C=O) groups is 1. The summed E-state index contributed by atoms with van der Waals surface area (Å²) >= 11 is 1.35. The molecule has 5 nitrogen and oxygen atoms in total. The first-order valence-corrected chi connectivity index (χ1v) is 5.76. The number of aromatic nitrogens is 2. The van der Waals surface area contributed by atoms with Crippen molar-refractivity contribution in [1.29, 1.82) is 0 Å². The molecule has 2 aromatic rings. The zero-order valence-corrected chi connectivity index (χ0v) is 9.31. The van der Waals surface area contributed by atoms with Crippen LogP contribution in [0, 0.1) is 0 Å². The molecule has 2 heterocycles. The molecule has 16 heavy (non-hydrogen) atoms. The van der Waals surface area contributed by atoms with Gasteiger partial charge in [0.05, 0.1) is 12.6 Å². The Morgan fingerprint density at radius 2 is 2.56 bits per heavy atom. The Bertz CT molecular complexity index is 425. The molecule has 6 heteroatoms. The number of hydrogen-bond donors (Lipinski definition) is 1. The quantitative estimate of drug-likeness (QED) is 0.633. The van der Waals surface area contributed by atoms with Crippen LogP contribution in [0.1, 0.15) is 10.6 Å². The van der Waals surface area contributed by atoms with Crippen LogP contribution in [0.4, 0.5) is 0 Å². The van der Waals surface area contributed by atoms with Gasteiger partial charge in [-0.05, 0) is 24.1 Å².